The van der Waals surface area contributed by atoms with Crippen molar-refractivity contribution < 1.29 is 4.42 Å². The normalized spacial score (nSPS) is 13.0. The van der Waals surface area contributed by atoms with Gasteiger partial charge < -0.3 is 9.32 Å². The average molecular weight is 758 g/mol. The predicted molar refractivity (Wildman–Crippen MR) is 244 cm³/mol. The Balaban J connectivity index is 1.24. The van der Waals surface area contributed by atoms with Gasteiger partial charge in [0.2, 0.25) is 0 Å². The second kappa shape index (κ2) is 12.9. The summed E-state index contributed by atoms with van der Waals surface area (Å²) in [5.74, 6) is 0. The highest BCUT2D eigenvalue weighted by atomic mass is 32.1. The molecule has 9 aromatic carbocycles. The van der Waals surface area contributed by atoms with Gasteiger partial charge in [-0.1, -0.05) is 158 Å². The van der Waals surface area contributed by atoms with Crippen LogP contribution in [-0.4, -0.2) is 0 Å². The molecule has 12 rings (SSSR count). The Morgan fingerprint density at radius 2 is 1.03 bits per heavy atom. The van der Waals surface area contributed by atoms with Crippen molar-refractivity contribution in [1.82, 2.24) is 0 Å². The highest BCUT2D eigenvalue weighted by molar-refractivity contribution is 7.25. The largest absolute Gasteiger partial charge is 0.454 e. The van der Waals surface area contributed by atoms with Gasteiger partial charge in [-0.3, -0.25) is 0 Å². The fourth-order valence-electron chi connectivity index (χ4n) is 9.68. The van der Waals surface area contributed by atoms with Gasteiger partial charge in [-0.25, -0.2) is 0 Å². The third-order valence-corrected chi connectivity index (χ3v) is 13.3. The average Bonchev–Trinajstić information content (AvgIpc) is 3.96. The highest BCUT2D eigenvalue weighted by Crippen LogP contribution is 2.59. The molecule has 2 nitrogen and oxygen atoms in total. The van der Waals surface area contributed by atoms with Gasteiger partial charge in [0.1, 0.15) is 5.58 Å². The molecule has 0 unspecified atom stereocenters. The Hall–Kier alpha value is -7.20. The topological polar surface area (TPSA) is 16.4 Å². The molecule has 0 atom stereocenters. The number of hydrogen-bond acceptors (Lipinski definition) is 3. The summed E-state index contributed by atoms with van der Waals surface area (Å²) in [6.07, 6.45) is 0. The first-order chi connectivity index (χ1) is 28.8. The summed E-state index contributed by atoms with van der Waals surface area (Å²) < 4.78 is 9.42. The van der Waals surface area contributed by atoms with Crippen LogP contribution in [0.25, 0.3) is 64.4 Å². The van der Waals surface area contributed by atoms with E-state index in [1.807, 2.05) is 17.4 Å². The lowest BCUT2D eigenvalue weighted by Crippen LogP contribution is -2.28. The molecule has 272 valence electrons. The lowest BCUT2D eigenvalue weighted by molar-refractivity contribution is 0.669. The molecule has 0 bridgehead atoms. The summed E-state index contributed by atoms with van der Waals surface area (Å²) >= 11 is 1.86. The number of nitrogens with zero attached hydrogens (tertiary/aromatic N) is 1. The molecule has 2 aromatic heterocycles. The van der Waals surface area contributed by atoms with Crippen LogP contribution in [0.3, 0.4) is 0 Å². The Morgan fingerprint density at radius 1 is 0.397 bits per heavy atom. The van der Waals surface area contributed by atoms with Crippen molar-refractivity contribution in [2.45, 2.75) is 5.41 Å². The number of anilines is 3. The third-order valence-electron chi connectivity index (χ3n) is 12.1. The second-order valence-corrected chi connectivity index (χ2v) is 16.3. The molecule has 0 amide bonds. The Morgan fingerprint density at radius 3 is 1.83 bits per heavy atom. The number of para-hydroxylation sites is 3. The molecule has 0 fully saturated rings. The van der Waals surface area contributed by atoms with E-state index in [0.717, 1.165) is 44.6 Å². The maximum absolute atomic E-state index is 6.83. The van der Waals surface area contributed by atoms with Gasteiger partial charge in [-0.05, 0) is 93.5 Å². The standard InChI is InChI=1S/C55H35NOS/c1-4-17-37(18-5-1)55(38-19-6-2-7-20-38)47-27-13-10-23-40(47)45-34-44(36-31-32-53-46(33-36)42-25-12-15-30-52(42)58-53)50(35-48(45)55)56(39-21-8-3-9-22-39)49-28-16-26-43-41-24-11-14-29-51(41)57-54(43)49/h1-35H. The number of furan rings is 1. The quantitative estimate of drug-likeness (QED) is 0.168. The zero-order valence-electron chi connectivity index (χ0n) is 31.5. The zero-order chi connectivity index (χ0) is 38.2. The molecule has 0 N–H and O–H groups in total. The van der Waals surface area contributed by atoms with E-state index >= 15 is 0 Å². The molecule has 3 heteroatoms. The Kier molecular flexibility index (Phi) is 7.35. The lowest BCUT2D eigenvalue weighted by Gasteiger charge is -2.35. The molecule has 0 spiro atoms. The van der Waals surface area contributed by atoms with E-state index in [1.54, 1.807) is 0 Å². The van der Waals surface area contributed by atoms with Gasteiger partial charge in [0.15, 0.2) is 5.58 Å². The second-order valence-electron chi connectivity index (χ2n) is 15.2. The van der Waals surface area contributed by atoms with E-state index in [4.69, 9.17) is 4.42 Å². The fraction of sp³-hybridized carbons (Fsp3) is 0.0182. The number of rotatable bonds is 6. The van der Waals surface area contributed by atoms with Gasteiger partial charge in [0.05, 0.1) is 16.8 Å². The summed E-state index contributed by atoms with van der Waals surface area (Å²) in [4.78, 5) is 2.43. The van der Waals surface area contributed by atoms with Gasteiger partial charge in [0, 0.05) is 42.2 Å². The van der Waals surface area contributed by atoms with Gasteiger partial charge >= 0.3 is 0 Å². The molecule has 2 heterocycles. The van der Waals surface area contributed by atoms with Crippen LogP contribution in [0.4, 0.5) is 17.1 Å². The van der Waals surface area contributed by atoms with Crippen molar-refractivity contribution in [3.8, 4) is 22.3 Å². The van der Waals surface area contributed by atoms with Gasteiger partial charge in [-0.2, -0.15) is 0 Å². The first-order valence-electron chi connectivity index (χ1n) is 19.8. The summed E-state index contributed by atoms with van der Waals surface area (Å²) in [6.45, 7) is 0. The molecule has 0 aliphatic heterocycles. The Labute approximate surface area is 340 Å². The molecule has 11 aromatic rings. The highest BCUT2D eigenvalue weighted by Gasteiger charge is 2.47. The van der Waals surface area contributed by atoms with Crippen LogP contribution in [0, 0.1) is 0 Å². The van der Waals surface area contributed by atoms with Crippen LogP contribution in [0.15, 0.2) is 217 Å². The van der Waals surface area contributed by atoms with Crippen LogP contribution >= 0.6 is 11.3 Å². The molecule has 0 saturated heterocycles. The molecular formula is C55H35NOS. The van der Waals surface area contributed by atoms with E-state index < -0.39 is 5.41 Å². The minimum absolute atomic E-state index is 0.566. The number of hydrogen-bond donors (Lipinski definition) is 0. The van der Waals surface area contributed by atoms with Crippen LogP contribution < -0.4 is 4.90 Å². The van der Waals surface area contributed by atoms with Crippen LogP contribution in [-0.2, 0) is 5.41 Å². The minimum Gasteiger partial charge on any atom is -0.454 e. The summed E-state index contributed by atoms with van der Waals surface area (Å²) in [6, 6.07) is 77.6. The van der Waals surface area contributed by atoms with Crippen molar-refractivity contribution in [3.05, 3.63) is 235 Å². The predicted octanol–water partition coefficient (Wildman–Crippen LogP) is 15.5. The van der Waals surface area contributed by atoms with Crippen LogP contribution in [0.1, 0.15) is 22.3 Å². The van der Waals surface area contributed by atoms with Gasteiger partial charge in [0.25, 0.3) is 0 Å². The number of thiophene rings is 1. The van der Waals surface area contributed by atoms with Crippen molar-refractivity contribution in [3.63, 3.8) is 0 Å². The van der Waals surface area contributed by atoms with E-state index in [1.165, 1.54) is 59.1 Å². The van der Waals surface area contributed by atoms with Crippen molar-refractivity contribution in [2.75, 3.05) is 4.90 Å². The Bertz CT molecular complexity index is 3300. The van der Waals surface area contributed by atoms with Crippen molar-refractivity contribution in [1.29, 1.82) is 0 Å². The number of fused-ring (bicyclic) bond motifs is 9. The van der Waals surface area contributed by atoms with E-state index in [-0.39, 0.29) is 0 Å². The summed E-state index contributed by atoms with van der Waals surface area (Å²) in [7, 11) is 0. The number of benzene rings is 9. The third kappa shape index (κ3) is 4.78. The maximum atomic E-state index is 6.83. The summed E-state index contributed by atoms with van der Waals surface area (Å²) in [5.41, 5.74) is 14.1. The minimum atomic E-state index is -0.566. The zero-order valence-corrected chi connectivity index (χ0v) is 32.3. The maximum Gasteiger partial charge on any atom is 0.159 e. The molecule has 1 aliphatic carbocycles. The summed E-state index contributed by atoms with van der Waals surface area (Å²) in [5, 5.41) is 4.77. The van der Waals surface area contributed by atoms with Crippen LogP contribution in [0.5, 0.6) is 0 Å². The molecular weight excluding hydrogens is 723 g/mol. The van der Waals surface area contributed by atoms with Crippen molar-refractivity contribution in [2.24, 2.45) is 0 Å². The van der Waals surface area contributed by atoms with E-state index in [0.29, 0.717) is 0 Å². The van der Waals surface area contributed by atoms with Crippen molar-refractivity contribution >= 4 is 70.5 Å². The van der Waals surface area contributed by atoms with E-state index in [2.05, 4.69) is 211 Å². The smallest absolute Gasteiger partial charge is 0.159 e. The fourth-order valence-corrected chi connectivity index (χ4v) is 10.8. The van der Waals surface area contributed by atoms with E-state index in [9.17, 15) is 0 Å². The first kappa shape index (κ1) is 33.0. The van der Waals surface area contributed by atoms with Crippen LogP contribution in [0.2, 0.25) is 0 Å². The van der Waals surface area contributed by atoms with Gasteiger partial charge in [-0.15, -0.1) is 11.3 Å². The molecule has 58 heavy (non-hydrogen) atoms. The molecule has 0 saturated carbocycles. The lowest BCUT2D eigenvalue weighted by atomic mass is 9.67. The SMILES string of the molecule is c1ccc(N(c2cc3c(cc2-c2ccc4sc5ccccc5c4c2)-c2ccccc2C3(c2ccccc2)c2ccccc2)c2cccc3c2oc2ccccc23)cc1. The molecule has 1 aliphatic rings. The first-order valence-corrected chi connectivity index (χ1v) is 20.7. The monoisotopic (exact) mass is 757 g/mol. The molecule has 0 radical (unpaired) electrons.